The quantitative estimate of drug-likeness (QED) is 0.688. The van der Waals surface area contributed by atoms with Crippen molar-refractivity contribution in [3.8, 4) is 5.75 Å². The van der Waals surface area contributed by atoms with Crippen molar-refractivity contribution < 1.29 is 13.2 Å². The molecule has 5 nitrogen and oxygen atoms in total. The fraction of sp³-hybridized carbons (Fsp3) is 0.286. The van der Waals surface area contributed by atoms with E-state index < -0.39 is 10.0 Å². The molecule has 2 heterocycles. The van der Waals surface area contributed by atoms with Crippen molar-refractivity contribution >= 4 is 20.8 Å². The van der Waals surface area contributed by atoms with E-state index in [1.165, 1.54) is 0 Å². The summed E-state index contributed by atoms with van der Waals surface area (Å²) in [6, 6.07) is 16.8. The molecule has 0 aliphatic carbocycles. The van der Waals surface area contributed by atoms with E-state index in [1.807, 2.05) is 24.4 Å². The molecule has 0 spiro atoms. The largest absolute Gasteiger partial charge is 0.497 e. The van der Waals surface area contributed by atoms with Crippen molar-refractivity contribution in [1.82, 2.24) is 9.29 Å². The fourth-order valence-electron chi connectivity index (χ4n) is 3.62. The molecule has 140 valence electrons. The Kier molecular flexibility index (Phi) is 4.85. The van der Waals surface area contributed by atoms with Crippen LogP contribution in [0, 0.1) is 0 Å². The highest BCUT2D eigenvalue weighted by Crippen LogP contribution is 2.31. The topological polar surface area (TPSA) is 59.5 Å². The molecule has 0 N–H and O–H groups in total. The average molecular weight is 382 g/mol. The number of ether oxygens (including phenoxy) is 1. The minimum absolute atomic E-state index is 0.108. The maximum atomic E-state index is 13.0. The van der Waals surface area contributed by atoms with Crippen LogP contribution >= 0.6 is 0 Å². The van der Waals surface area contributed by atoms with Gasteiger partial charge in [0.15, 0.2) is 0 Å². The van der Waals surface area contributed by atoms with Crippen LogP contribution in [0.1, 0.15) is 24.5 Å². The summed E-state index contributed by atoms with van der Waals surface area (Å²) in [6.45, 7) is 0.998. The Balaban J connectivity index is 1.59. The Morgan fingerprint density at radius 3 is 2.56 bits per heavy atom. The van der Waals surface area contributed by atoms with Gasteiger partial charge in [-0.25, -0.2) is 8.42 Å². The molecular formula is C21H22N2O3S. The first kappa shape index (κ1) is 17.9. The van der Waals surface area contributed by atoms with Crippen LogP contribution in [0.4, 0.5) is 0 Å². The number of piperidine rings is 1. The normalized spacial score (nSPS) is 18.5. The molecule has 2 aromatic carbocycles. The predicted molar refractivity (Wildman–Crippen MR) is 105 cm³/mol. The number of hydrogen-bond donors (Lipinski definition) is 0. The van der Waals surface area contributed by atoms with Gasteiger partial charge in [0.05, 0.1) is 12.0 Å². The third-order valence-corrected chi connectivity index (χ3v) is 7.03. The highest BCUT2D eigenvalue weighted by Gasteiger charge is 2.31. The number of pyridine rings is 1. The smallest absolute Gasteiger partial charge is 0.243 e. The Bertz CT molecular complexity index is 1050. The van der Waals surface area contributed by atoms with Gasteiger partial charge >= 0.3 is 0 Å². The van der Waals surface area contributed by atoms with E-state index in [9.17, 15) is 8.42 Å². The van der Waals surface area contributed by atoms with E-state index in [0.717, 1.165) is 29.3 Å². The first-order valence-corrected chi connectivity index (χ1v) is 10.5. The second-order valence-electron chi connectivity index (χ2n) is 6.83. The van der Waals surface area contributed by atoms with Gasteiger partial charge in [0.25, 0.3) is 0 Å². The van der Waals surface area contributed by atoms with E-state index in [-0.39, 0.29) is 5.92 Å². The van der Waals surface area contributed by atoms with E-state index >= 15 is 0 Å². The molecular weight excluding hydrogens is 360 g/mol. The minimum Gasteiger partial charge on any atom is -0.497 e. The molecule has 0 radical (unpaired) electrons. The SMILES string of the molecule is COc1ccc(S(=O)(=O)N2CCCC(c3cc4ccccc4cn3)C2)cc1. The monoisotopic (exact) mass is 382 g/mol. The molecule has 0 saturated carbocycles. The van der Waals surface area contributed by atoms with Gasteiger partial charge in [-0.1, -0.05) is 24.3 Å². The van der Waals surface area contributed by atoms with Crippen molar-refractivity contribution in [3.63, 3.8) is 0 Å². The van der Waals surface area contributed by atoms with Gasteiger partial charge < -0.3 is 4.74 Å². The van der Waals surface area contributed by atoms with Crippen molar-refractivity contribution in [3.05, 3.63) is 66.5 Å². The maximum absolute atomic E-state index is 13.0. The van der Waals surface area contributed by atoms with Crippen LogP contribution in [0.2, 0.25) is 0 Å². The summed E-state index contributed by atoms with van der Waals surface area (Å²) in [6.07, 6.45) is 3.65. The fourth-order valence-corrected chi connectivity index (χ4v) is 5.15. The van der Waals surface area contributed by atoms with Gasteiger partial charge in [0.2, 0.25) is 10.0 Å². The van der Waals surface area contributed by atoms with Crippen molar-refractivity contribution in [2.75, 3.05) is 20.2 Å². The summed E-state index contributed by atoms with van der Waals surface area (Å²) >= 11 is 0. The van der Waals surface area contributed by atoms with Crippen LogP contribution in [-0.4, -0.2) is 37.9 Å². The third-order valence-electron chi connectivity index (χ3n) is 5.15. The van der Waals surface area contributed by atoms with Crippen LogP contribution in [0.3, 0.4) is 0 Å². The Hall–Kier alpha value is -2.44. The van der Waals surface area contributed by atoms with E-state index in [0.29, 0.717) is 23.7 Å². The standard InChI is InChI=1S/C21H22N2O3S/c1-26-19-8-10-20(11-9-19)27(24,25)23-12-4-7-18(15-23)21-13-16-5-2-3-6-17(16)14-22-21/h2-3,5-6,8-11,13-14,18H,4,7,12,15H2,1H3. The second kappa shape index (κ2) is 7.29. The third kappa shape index (κ3) is 3.55. The van der Waals surface area contributed by atoms with Crippen LogP contribution in [0.15, 0.2) is 65.7 Å². The van der Waals surface area contributed by atoms with Crippen molar-refractivity contribution in [1.29, 1.82) is 0 Å². The summed E-state index contributed by atoms with van der Waals surface area (Å²) in [5.41, 5.74) is 0.961. The highest BCUT2D eigenvalue weighted by molar-refractivity contribution is 7.89. The van der Waals surface area contributed by atoms with E-state index in [4.69, 9.17) is 4.74 Å². The van der Waals surface area contributed by atoms with Gasteiger partial charge in [-0.3, -0.25) is 4.98 Å². The number of hydrogen-bond acceptors (Lipinski definition) is 4. The number of methoxy groups -OCH3 is 1. The second-order valence-corrected chi connectivity index (χ2v) is 8.77. The number of sulfonamides is 1. The van der Waals surface area contributed by atoms with Gasteiger partial charge in [-0.2, -0.15) is 4.31 Å². The highest BCUT2D eigenvalue weighted by atomic mass is 32.2. The van der Waals surface area contributed by atoms with Crippen LogP contribution in [0.25, 0.3) is 10.8 Å². The van der Waals surface area contributed by atoms with Crippen LogP contribution in [0.5, 0.6) is 5.75 Å². The molecule has 1 aliphatic rings. The molecule has 0 bridgehead atoms. The molecule has 0 amide bonds. The van der Waals surface area contributed by atoms with E-state index in [2.05, 4.69) is 17.1 Å². The molecule has 27 heavy (non-hydrogen) atoms. The number of aromatic nitrogens is 1. The molecule has 4 rings (SSSR count). The Morgan fingerprint density at radius 1 is 1.07 bits per heavy atom. The lowest BCUT2D eigenvalue weighted by Gasteiger charge is -2.31. The lowest BCUT2D eigenvalue weighted by Crippen LogP contribution is -2.39. The summed E-state index contributed by atoms with van der Waals surface area (Å²) in [4.78, 5) is 4.91. The number of benzene rings is 2. The number of rotatable bonds is 4. The van der Waals surface area contributed by atoms with Crippen LogP contribution in [-0.2, 0) is 10.0 Å². The van der Waals surface area contributed by atoms with Crippen molar-refractivity contribution in [2.45, 2.75) is 23.7 Å². The van der Waals surface area contributed by atoms with Crippen LogP contribution < -0.4 is 4.74 Å². The summed E-state index contributed by atoms with van der Waals surface area (Å²) in [5.74, 6) is 0.752. The zero-order valence-corrected chi connectivity index (χ0v) is 16.0. The molecule has 1 unspecified atom stereocenters. The average Bonchev–Trinajstić information content (AvgIpc) is 2.73. The zero-order valence-electron chi connectivity index (χ0n) is 15.2. The molecule has 3 aromatic rings. The number of nitrogens with zero attached hydrogens (tertiary/aromatic N) is 2. The maximum Gasteiger partial charge on any atom is 0.243 e. The summed E-state index contributed by atoms with van der Waals surface area (Å²) in [5, 5.41) is 2.23. The Labute approximate surface area is 159 Å². The first-order valence-electron chi connectivity index (χ1n) is 9.07. The van der Waals surface area contributed by atoms with Gasteiger partial charge in [-0.05, 0) is 48.6 Å². The molecule has 1 saturated heterocycles. The minimum atomic E-state index is -3.52. The molecule has 6 heteroatoms. The molecule has 1 aromatic heterocycles. The van der Waals surface area contributed by atoms with Gasteiger partial charge in [0.1, 0.15) is 5.75 Å². The summed E-state index contributed by atoms with van der Waals surface area (Å²) < 4.78 is 32.8. The zero-order chi connectivity index (χ0) is 18.9. The summed E-state index contributed by atoms with van der Waals surface area (Å²) in [7, 11) is -1.96. The molecule has 1 fully saturated rings. The first-order chi connectivity index (χ1) is 13.1. The lowest BCUT2D eigenvalue weighted by molar-refractivity contribution is 0.313. The molecule has 1 atom stereocenters. The van der Waals surface area contributed by atoms with E-state index in [1.54, 1.807) is 35.7 Å². The van der Waals surface area contributed by atoms with Gasteiger partial charge in [0, 0.05) is 36.3 Å². The number of fused-ring (bicyclic) bond motifs is 1. The van der Waals surface area contributed by atoms with Gasteiger partial charge in [-0.15, -0.1) is 0 Å². The predicted octanol–water partition coefficient (Wildman–Crippen LogP) is 3.81. The molecule has 1 aliphatic heterocycles. The lowest BCUT2D eigenvalue weighted by atomic mass is 9.94. The van der Waals surface area contributed by atoms with Crippen molar-refractivity contribution in [2.24, 2.45) is 0 Å². The Morgan fingerprint density at radius 2 is 1.81 bits per heavy atom.